The molecule has 11 atom stereocenters. The fourth-order valence-electron chi connectivity index (χ4n) is 8.04. The van der Waals surface area contributed by atoms with Crippen molar-refractivity contribution in [3.63, 3.8) is 0 Å². The maximum atomic E-state index is 14.2. The number of hydrogen-bond donors (Lipinski definition) is 2. The van der Waals surface area contributed by atoms with Gasteiger partial charge < -0.3 is 34.0 Å². The molecule has 0 saturated carbocycles. The first-order valence-electron chi connectivity index (χ1n) is 16.8. The molecule has 0 aromatic heterocycles. The van der Waals surface area contributed by atoms with Crippen LogP contribution in [0.4, 0.5) is 0 Å². The molecule has 9 heteroatoms. The predicted octanol–water partition coefficient (Wildman–Crippen LogP) is 5.73. The van der Waals surface area contributed by atoms with Crippen LogP contribution < -0.4 is 0 Å². The van der Waals surface area contributed by atoms with Crippen molar-refractivity contribution in [2.75, 3.05) is 13.7 Å². The van der Waals surface area contributed by atoms with Gasteiger partial charge in [-0.15, -0.1) is 0 Å². The molecule has 3 fully saturated rings. The number of aliphatic hydroxyl groups excluding tert-OH is 1. The van der Waals surface area contributed by atoms with Crippen molar-refractivity contribution >= 4 is 11.7 Å². The summed E-state index contributed by atoms with van der Waals surface area (Å²) in [6.07, 6.45) is 11.5. The third-order valence-corrected chi connectivity index (χ3v) is 10.3. The molecular weight excluding hydrogens is 586 g/mol. The van der Waals surface area contributed by atoms with Crippen molar-refractivity contribution in [2.24, 2.45) is 28.8 Å². The standard InChI is InChI=1S/C37H53NO8/c1-21(2)14-25(6)33-26(7)31(38-42-8)19-36(46-33)18-29-17-28(45-36)13-12-23(4)15-22(3)10-9-11-27-20-43-34-32(39)24(5)16-30(35(40)44-29)37(27,34)41/h9-12,14,16,22,25-26,28-30,32-34,39,41H,13,15,17-20H2,1-8H3/b10-9+,23-12+,27-11+,38-31+/t22-,25?,26-,28+,29-,30-,32+,33+,34+,36-,37+/m0/s1. The fourth-order valence-corrected chi connectivity index (χ4v) is 8.04. The minimum Gasteiger partial charge on any atom is -0.462 e. The number of carbonyl (C=O) groups excluding carboxylic acids is 1. The zero-order valence-electron chi connectivity index (χ0n) is 28.7. The minimum atomic E-state index is -1.74. The molecule has 0 aromatic rings. The second-order valence-electron chi connectivity index (χ2n) is 14.5. The first-order chi connectivity index (χ1) is 21.8. The number of allylic oxidation sites excluding steroid dienone is 5. The molecule has 0 aromatic carbocycles. The summed E-state index contributed by atoms with van der Waals surface area (Å²) in [5, 5.41) is 27.6. The van der Waals surface area contributed by atoms with Crippen molar-refractivity contribution in [2.45, 2.75) is 122 Å². The molecule has 0 amide bonds. The number of oxime groups is 1. The topological polar surface area (TPSA) is 116 Å². The van der Waals surface area contributed by atoms with Crippen molar-refractivity contribution in [1.82, 2.24) is 0 Å². The number of carbonyl (C=O) groups is 1. The van der Waals surface area contributed by atoms with Crippen LogP contribution in [0.15, 0.2) is 63.9 Å². The van der Waals surface area contributed by atoms with Gasteiger partial charge in [0.25, 0.3) is 0 Å². The van der Waals surface area contributed by atoms with Crippen LogP contribution in [0, 0.1) is 23.7 Å². The SMILES string of the molecule is CO/N=C1\C[C@]2(C[C@@H]3C[C@@H](C/C=C(\C)C[C@@H](C)/C=C/C=C4\CO[C@@H]5[C@H](O)C(C)=C[C@@H](C(=O)O3)[C@]45O)O2)O[C@H](C(C)C=C(C)C)[C@H]1C. The summed E-state index contributed by atoms with van der Waals surface area (Å²) >= 11 is 0. The van der Waals surface area contributed by atoms with Crippen molar-refractivity contribution < 1.29 is 38.8 Å². The first kappa shape index (κ1) is 34.8. The predicted molar refractivity (Wildman–Crippen MR) is 176 cm³/mol. The lowest BCUT2D eigenvalue weighted by Crippen LogP contribution is -2.59. The lowest BCUT2D eigenvalue weighted by atomic mass is 9.71. The third kappa shape index (κ3) is 6.99. The quantitative estimate of drug-likeness (QED) is 0.229. The molecule has 4 heterocycles. The molecule has 1 unspecified atom stereocenters. The number of rotatable bonds is 3. The van der Waals surface area contributed by atoms with Gasteiger partial charge in [-0.3, -0.25) is 4.79 Å². The highest BCUT2D eigenvalue weighted by Gasteiger charge is 2.60. The smallest absolute Gasteiger partial charge is 0.316 e. The van der Waals surface area contributed by atoms with Gasteiger partial charge in [0, 0.05) is 31.1 Å². The fraction of sp³-hybridized carbons (Fsp3) is 0.676. The zero-order valence-corrected chi connectivity index (χ0v) is 28.7. The van der Waals surface area contributed by atoms with Gasteiger partial charge >= 0.3 is 5.97 Å². The molecule has 4 aliphatic heterocycles. The summed E-state index contributed by atoms with van der Waals surface area (Å²) in [5.74, 6) is -2.37. The van der Waals surface area contributed by atoms with E-state index < -0.39 is 41.6 Å². The Morgan fingerprint density at radius 1 is 1.20 bits per heavy atom. The van der Waals surface area contributed by atoms with E-state index in [1.54, 1.807) is 20.1 Å². The summed E-state index contributed by atoms with van der Waals surface area (Å²) in [7, 11) is 1.55. The van der Waals surface area contributed by atoms with E-state index in [2.05, 4.69) is 64.9 Å². The summed E-state index contributed by atoms with van der Waals surface area (Å²) < 4.78 is 26.1. The average Bonchev–Trinajstić information content (AvgIpc) is 3.31. The Kier molecular flexibility index (Phi) is 10.5. The van der Waals surface area contributed by atoms with Gasteiger partial charge in [0.2, 0.25) is 0 Å². The van der Waals surface area contributed by atoms with Crippen LogP contribution in [-0.2, 0) is 28.6 Å². The van der Waals surface area contributed by atoms with Gasteiger partial charge in [0.1, 0.15) is 36.9 Å². The third-order valence-electron chi connectivity index (χ3n) is 10.3. The van der Waals surface area contributed by atoms with E-state index in [0.29, 0.717) is 36.8 Å². The van der Waals surface area contributed by atoms with E-state index >= 15 is 0 Å². The summed E-state index contributed by atoms with van der Waals surface area (Å²) in [6, 6.07) is 0. The summed E-state index contributed by atoms with van der Waals surface area (Å²) in [5.41, 5.74) is 2.66. The van der Waals surface area contributed by atoms with Crippen LogP contribution in [0.3, 0.4) is 0 Å². The van der Waals surface area contributed by atoms with Gasteiger partial charge in [-0.2, -0.15) is 0 Å². The lowest BCUT2D eigenvalue weighted by Gasteiger charge is -2.50. The number of nitrogens with zero attached hydrogens (tertiary/aromatic N) is 1. The van der Waals surface area contributed by atoms with Gasteiger partial charge in [0.05, 0.1) is 24.5 Å². The van der Waals surface area contributed by atoms with Gasteiger partial charge in [-0.05, 0) is 57.6 Å². The van der Waals surface area contributed by atoms with Gasteiger partial charge in [-0.25, -0.2) is 0 Å². The van der Waals surface area contributed by atoms with E-state index in [1.807, 2.05) is 12.2 Å². The largest absolute Gasteiger partial charge is 0.462 e. The average molecular weight is 640 g/mol. The van der Waals surface area contributed by atoms with Crippen molar-refractivity contribution in [1.29, 1.82) is 0 Å². The van der Waals surface area contributed by atoms with Crippen LogP contribution in [0.1, 0.15) is 80.6 Å². The highest BCUT2D eigenvalue weighted by atomic mass is 16.7. The molecule has 46 heavy (non-hydrogen) atoms. The van der Waals surface area contributed by atoms with Gasteiger partial charge in [0.15, 0.2) is 5.79 Å². The second kappa shape index (κ2) is 13.9. The second-order valence-corrected chi connectivity index (χ2v) is 14.5. The Morgan fingerprint density at radius 3 is 2.67 bits per heavy atom. The van der Waals surface area contributed by atoms with E-state index in [4.69, 9.17) is 23.8 Å². The number of aliphatic hydroxyl groups is 2. The number of hydrogen-bond acceptors (Lipinski definition) is 9. The molecule has 9 nitrogen and oxygen atoms in total. The van der Waals surface area contributed by atoms with E-state index in [9.17, 15) is 15.0 Å². The Balaban J connectivity index is 1.55. The van der Waals surface area contributed by atoms with Crippen LogP contribution in [0.2, 0.25) is 0 Å². The Hall–Kier alpha value is -2.56. The minimum absolute atomic E-state index is 0.0103. The molecule has 5 rings (SSSR count). The molecular formula is C37H53NO8. The Bertz CT molecular complexity index is 1340. The number of ether oxygens (including phenoxy) is 4. The first-order valence-corrected chi connectivity index (χ1v) is 16.8. The molecule has 2 bridgehead atoms. The molecule has 254 valence electrons. The van der Waals surface area contributed by atoms with E-state index in [0.717, 1.165) is 12.1 Å². The molecule has 1 spiro atoms. The number of esters is 1. The molecule has 1 aliphatic carbocycles. The van der Waals surface area contributed by atoms with Gasteiger partial charge in [-0.1, -0.05) is 73.5 Å². The van der Waals surface area contributed by atoms with E-state index in [1.165, 1.54) is 11.1 Å². The zero-order chi connectivity index (χ0) is 33.4. The summed E-state index contributed by atoms with van der Waals surface area (Å²) in [6.45, 7) is 14.5. The molecule has 0 radical (unpaired) electrons. The Labute approximate surface area is 274 Å². The van der Waals surface area contributed by atoms with Crippen LogP contribution >= 0.6 is 0 Å². The molecule has 3 saturated heterocycles. The maximum Gasteiger partial charge on any atom is 0.316 e. The van der Waals surface area contributed by atoms with Crippen LogP contribution in [-0.4, -0.2) is 77.5 Å². The lowest BCUT2D eigenvalue weighted by molar-refractivity contribution is -0.322. The highest BCUT2D eigenvalue weighted by Crippen LogP contribution is 2.47. The monoisotopic (exact) mass is 639 g/mol. The maximum absolute atomic E-state index is 14.2. The highest BCUT2D eigenvalue weighted by molar-refractivity contribution is 5.88. The van der Waals surface area contributed by atoms with Crippen molar-refractivity contribution in [3.05, 3.63) is 58.7 Å². The Morgan fingerprint density at radius 2 is 1.96 bits per heavy atom. The molecule has 2 N–H and O–H groups in total. The van der Waals surface area contributed by atoms with Crippen molar-refractivity contribution in [3.8, 4) is 0 Å². The van der Waals surface area contributed by atoms with Crippen LogP contribution in [0.5, 0.6) is 0 Å². The number of fused-ring (bicyclic) bond motifs is 2. The summed E-state index contributed by atoms with van der Waals surface area (Å²) in [4.78, 5) is 19.4. The molecule has 5 aliphatic rings. The van der Waals surface area contributed by atoms with E-state index in [-0.39, 0.29) is 36.6 Å². The van der Waals surface area contributed by atoms with Crippen LogP contribution in [0.25, 0.3) is 0 Å². The normalized spacial score (nSPS) is 44.5.